The number of hydrogen-bond donors (Lipinski definition) is 0. The average Bonchev–Trinajstić information content (AvgIpc) is 2.89. The van der Waals surface area contributed by atoms with Crippen LogP contribution in [-0.4, -0.2) is 12.9 Å². The Labute approximate surface area is 117 Å². The minimum Gasteiger partial charge on any atom is -0.496 e. The molecule has 0 fully saturated rings. The molecule has 2 rings (SSSR count). The first kappa shape index (κ1) is 14.6. The van der Waals surface area contributed by atoms with E-state index in [1.54, 1.807) is 12.1 Å². The van der Waals surface area contributed by atoms with E-state index in [1.165, 1.54) is 23.5 Å². The van der Waals surface area contributed by atoms with Crippen LogP contribution in [0.25, 0.3) is 0 Å². The van der Waals surface area contributed by atoms with Gasteiger partial charge in [-0.25, -0.2) is 0 Å². The summed E-state index contributed by atoms with van der Waals surface area (Å²) >= 11 is 1.40. The van der Waals surface area contributed by atoms with E-state index in [4.69, 9.17) is 0 Å². The number of hydrogen-bond acceptors (Lipinski definition) is 3. The van der Waals surface area contributed by atoms with E-state index >= 15 is 0 Å². The van der Waals surface area contributed by atoms with Gasteiger partial charge in [-0.15, -0.1) is 11.3 Å². The molecule has 20 heavy (non-hydrogen) atoms. The van der Waals surface area contributed by atoms with Gasteiger partial charge < -0.3 is 4.74 Å². The van der Waals surface area contributed by atoms with Crippen molar-refractivity contribution in [2.45, 2.75) is 12.6 Å². The number of ketones is 1. The second kappa shape index (κ2) is 5.66. The van der Waals surface area contributed by atoms with Gasteiger partial charge in [-0.2, -0.15) is 13.2 Å². The topological polar surface area (TPSA) is 26.3 Å². The summed E-state index contributed by atoms with van der Waals surface area (Å²) in [5.74, 6) is -0.634. The maximum absolute atomic E-state index is 12.9. The Morgan fingerprint density at radius 1 is 1.30 bits per heavy atom. The highest BCUT2D eigenvalue weighted by molar-refractivity contribution is 7.10. The molecule has 106 valence electrons. The molecule has 0 aliphatic rings. The summed E-state index contributed by atoms with van der Waals surface area (Å²) in [6, 6.07) is 6.93. The predicted octanol–water partition coefficient (Wildman–Crippen LogP) is 4.20. The number of benzene rings is 1. The molecule has 0 radical (unpaired) electrons. The van der Waals surface area contributed by atoms with E-state index in [9.17, 15) is 18.0 Å². The third-order valence-corrected chi connectivity index (χ3v) is 3.62. The van der Waals surface area contributed by atoms with Gasteiger partial charge in [0, 0.05) is 16.9 Å². The number of carbonyl (C=O) groups is 1. The van der Waals surface area contributed by atoms with Crippen LogP contribution < -0.4 is 4.74 Å². The van der Waals surface area contributed by atoms with Crippen molar-refractivity contribution < 1.29 is 22.7 Å². The van der Waals surface area contributed by atoms with Crippen LogP contribution in [0.3, 0.4) is 0 Å². The van der Waals surface area contributed by atoms with Crippen LogP contribution in [0.2, 0.25) is 0 Å². The van der Waals surface area contributed by atoms with Crippen molar-refractivity contribution in [1.29, 1.82) is 0 Å². The number of alkyl halides is 3. The van der Waals surface area contributed by atoms with Gasteiger partial charge in [-0.1, -0.05) is 6.07 Å². The van der Waals surface area contributed by atoms with Crippen LogP contribution in [-0.2, 0) is 12.6 Å². The molecule has 1 aromatic carbocycles. The second-order valence-corrected chi connectivity index (χ2v) is 5.12. The first-order chi connectivity index (χ1) is 9.41. The van der Waals surface area contributed by atoms with Crippen LogP contribution in [0.5, 0.6) is 5.75 Å². The van der Waals surface area contributed by atoms with Gasteiger partial charge in [0.2, 0.25) is 0 Å². The van der Waals surface area contributed by atoms with Crippen molar-refractivity contribution in [1.82, 2.24) is 0 Å². The number of halogens is 3. The van der Waals surface area contributed by atoms with E-state index < -0.39 is 11.7 Å². The highest BCUT2D eigenvalue weighted by Crippen LogP contribution is 2.36. The molecular weight excluding hydrogens is 289 g/mol. The lowest BCUT2D eigenvalue weighted by Gasteiger charge is -2.13. The highest BCUT2D eigenvalue weighted by Gasteiger charge is 2.35. The molecule has 0 unspecified atom stereocenters. The van der Waals surface area contributed by atoms with Crippen molar-refractivity contribution in [3.63, 3.8) is 0 Å². The molecular formula is C14H11F3O2S. The molecule has 0 aliphatic carbocycles. The van der Waals surface area contributed by atoms with Crippen molar-refractivity contribution in [3.05, 3.63) is 51.7 Å². The first-order valence-corrected chi connectivity index (χ1v) is 6.60. The zero-order valence-electron chi connectivity index (χ0n) is 10.5. The van der Waals surface area contributed by atoms with Gasteiger partial charge in [0.05, 0.1) is 12.7 Å². The number of Topliss-reactive ketones (excluding diaryl/α,β-unsaturated/α-hetero) is 1. The van der Waals surface area contributed by atoms with Gasteiger partial charge in [0.25, 0.3) is 0 Å². The number of ether oxygens (including phenoxy) is 1. The summed E-state index contributed by atoms with van der Waals surface area (Å²) in [6.45, 7) is 0. The van der Waals surface area contributed by atoms with E-state index in [-0.39, 0.29) is 23.5 Å². The van der Waals surface area contributed by atoms with Crippen LogP contribution in [0.1, 0.15) is 20.8 Å². The fourth-order valence-corrected chi connectivity index (χ4v) is 2.48. The maximum Gasteiger partial charge on any atom is 0.419 e. The lowest BCUT2D eigenvalue weighted by molar-refractivity contribution is -0.138. The largest absolute Gasteiger partial charge is 0.496 e. The van der Waals surface area contributed by atoms with Gasteiger partial charge in [-0.3, -0.25) is 4.79 Å². The fraction of sp³-hybridized carbons (Fsp3) is 0.214. The standard InChI is InChI=1S/C14H11F3O2S/c1-19-13-5-4-9(7-11(13)14(15,16)17)12(18)8-10-3-2-6-20-10/h2-7H,8H2,1H3. The first-order valence-electron chi connectivity index (χ1n) is 5.72. The summed E-state index contributed by atoms with van der Waals surface area (Å²) in [5.41, 5.74) is -0.899. The van der Waals surface area contributed by atoms with Gasteiger partial charge in [-0.05, 0) is 29.6 Å². The molecule has 0 N–H and O–H groups in total. The Hall–Kier alpha value is -1.82. The summed E-state index contributed by atoms with van der Waals surface area (Å²) in [6.07, 6.45) is -4.45. The molecule has 0 spiro atoms. The van der Waals surface area contributed by atoms with E-state index in [0.29, 0.717) is 0 Å². The summed E-state index contributed by atoms with van der Waals surface area (Å²) < 4.78 is 43.3. The summed E-state index contributed by atoms with van der Waals surface area (Å²) in [7, 11) is 1.16. The van der Waals surface area contributed by atoms with Gasteiger partial charge in [0.1, 0.15) is 5.75 Å². The maximum atomic E-state index is 12.9. The van der Waals surface area contributed by atoms with Gasteiger partial charge in [0.15, 0.2) is 5.78 Å². The van der Waals surface area contributed by atoms with Crippen molar-refractivity contribution in [2.24, 2.45) is 0 Å². The molecule has 0 bridgehead atoms. The molecule has 6 heteroatoms. The van der Waals surface area contributed by atoms with E-state index in [0.717, 1.165) is 18.1 Å². The summed E-state index contributed by atoms with van der Waals surface area (Å²) in [4.78, 5) is 12.8. The second-order valence-electron chi connectivity index (χ2n) is 4.09. The Morgan fingerprint density at radius 3 is 2.60 bits per heavy atom. The molecule has 1 aromatic heterocycles. The predicted molar refractivity (Wildman–Crippen MR) is 70.3 cm³/mol. The van der Waals surface area contributed by atoms with Gasteiger partial charge >= 0.3 is 6.18 Å². The molecule has 0 amide bonds. The van der Waals surface area contributed by atoms with Crippen LogP contribution in [0, 0.1) is 0 Å². The van der Waals surface area contributed by atoms with Crippen molar-refractivity contribution >= 4 is 17.1 Å². The normalized spacial score (nSPS) is 11.4. The minimum absolute atomic E-state index is 0.0338. The molecule has 0 aliphatic heterocycles. The lowest BCUT2D eigenvalue weighted by Crippen LogP contribution is -2.10. The third kappa shape index (κ3) is 3.19. The molecule has 1 heterocycles. The molecule has 0 atom stereocenters. The molecule has 0 saturated carbocycles. The van der Waals surface area contributed by atoms with Crippen LogP contribution >= 0.6 is 11.3 Å². The third-order valence-electron chi connectivity index (χ3n) is 2.74. The monoisotopic (exact) mass is 300 g/mol. The van der Waals surface area contributed by atoms with Crippen LogP contribution in [0.4, 0.5) is 13.2 Å². The number of rotatable bonds is 4. The summed E-state index contributed by atoms with van der Waals surface area (Å²) in [5, 5.41) is 1.82. The van der Waals surface area contributed by atoms with E-state index in [2.05, 4.69) is 4.74 Å². The van der Waals surface area contributed by atoms with E-state index in [1.807, 2.05) is 5.38 Å². The number of methoxy groups -OCH3 is 1. The van der Waals surface area contributed by atoms with Crippen molar-refractivity contribution in [2.75, 3.05) is 7.11 Å². The Kier molecular flexibility index (Phi) is 4.13. The smallest absolute Gasteiger partial charge is 0.419 e. The molecule has 2 aromatic rings. The Bertz CT molecular complexity index is 603. The average molecular weight is 300 g/mol. The SMILES string of the molecule is COc1ccc(C(=O)Cc2cccs2)cc1C(F)(F)F. The molecule has 2 nitrogen and oxygen atoms in total. The highest BCUT2D eigenvalue weighted by atomic mass is 32.1. The zero-order valence-corrected chi connectivity index (χ0v) is 11.3. The quantitative estimate of drug-likeness (QED) is 0.791. The number of thiophene rings is 1. The van der Waals surface area contributed by atoms with Crippen molar-refractivity contribution in [3.8, 4) is 5.75 Å². The zero-order chi connectivity index (χ0) is 14.8. The lowest BCUT2D eigenvalue weighted by atomic mass is 10.0. The van der Waals surface area contributed by atoms with Crippen LogP contribution in [0.15, 0.2) is 35.7 Å². The minimum atomic E-state index is -4.55. The Morgan fingerprint density at radius 2 is 2.05 bits per heavy atom. The molecule has 0 saturated heterocycles. The Balaban J connectivity index is 2.31. The number of carbonyl (C=O) groups excluding carboxylic acids is 1. The fourth-order valence-electron chi connectivity index (χ4n) is 1.78.